The number of carbonyl (C=O) groups is 1. The number of fused-ring (bicyclic) bond motifs is 1. The Morgan fingerprint density at radius 2 is 2.13 bits per heavy atom. The molecule has 3 N–H and O–H groups in total. The minimum absolute atomic E-state index is 0.0750. The Bertz CT molecular complexity index is 1120. The molecule has 164 valence electrons. The maximum atomic E-state index is 14.0. The molecule has 1 atom stereocenters. The molecule has 4 rings (SSSR count). The topological polar surface area (TPSA) is 91.4 Å². The van der Waals surface area contributed by atoms with E-state index in [0.29, 0.717) is 30.2 Å². The van der Waals surface area contributed by atoms with E-state index in [9.17, 15) is 13.6 Å². The van der Waals surface area contributed by atoms with E-state index in [4.69, 9.17) is 15.2 Å². The second kappa shape index (κ2) is 8.24. The van der Waals surface area contributed by atoms with Crippen LogP contribution in [0.5, 0.6) is 11.5 Å². The number of rotatable bonds is 7. The lowest BCUT2D eigenvalue weighted by Crippen LogP contribution is -2.50. The Morgan fingerprint density at radius 3 is 2.81 bits per heavy atom. The fourth-order valence-electron chi connectivity index (χ4n) is 3.47. The molecule has 1 unspecified atom stereocenters. The summed E-state index contributed by atoms with van der Waals surface area (Å²) in [7, 11) is 0. The molecule has 1 fully saturated rings. The second-order valence-corrected chi connectivity index (χ2v) is 8.04. The quantitative estimate of drug-likeness (QED) is 0.595. The lowest BCUT2D eigenvalue weighted by molar-refractivity contribution is -0.123. The van der Waals surface area contributed by atoms with Crippen molar-refractivity contribution in [3.05, 3.63) is 53.9 Å². The number of primary amides is 1. The summed E-state index contributed by atoms with van der Waals surface area (Å²) in [6, 6.07) is 8.33. The molecule has 7 nitrogen and oxygen atoms in total. The Kier molecular flexibility index (Phi) is 5.63. The molecule has 9 heteroatoms. The number of amides is 1. The molecular formula is C22H24F2N4O3. The Morgan fingerprint density at radius 1 is 1.32 bits per heavy atom. The van der Waals surface area contributed by atoms with Crippen molar-refractivity contribution in [2.45, 2.75) is 45.0 Å². The highest BCUT2D eigenvalue weighted by Crippen LogP contribution is 2.33. The van der Waals surface area contributed by atoms with Gasteiger partial charge in [-0.15, -0.1) is 0 Å². The molecule has 1 aliphatic rings. The van der Waals surface area contributed by atoms with Crippen molar-refractivity contribution >= 4 is 16.9 Å². The van der Waals surface area contributed by atoms with Gasteiger partial charge in [0.25, 0.3) is 0 Å². The van der Waals surface area contributed by atoms with Crippen LogP contribution in [0, 0.1) is 11.6 Å². The van der Waals surface area contributed by atoms with Gasteiger partial charge < -0.3 is 15.2 Å². The van der Waals surface area contributed by atoms with Crippen LogP contribution in [-0.2, 0) is 16.1 Å². The summed E-state index contributed by atoms with van der Waals surface area (Å²) in [5.74, 6) is -0.937. The number of nitrogens with two attached hydrogens (primary N) is 1. The molecule has 1 aromatic heterocycles. The third kappa shape index (κ3) is 4.38. The fraction of sp³-hybridized carbons (Fsp3) is 0.364. The summed E-state index contributed by atoms with van der Waals surface area (Å²) in [5, 5.41) is 3.14. The van der Waals surface area contributed by atoms with Gasteiger partial charge in [0, 0.05) is 18.7 Å². The number of benzene rings is 2. The van der Waals surface area contributed by atoms with Crippen LogP contribution in [0.2, 0.25) is 0 Å². The first-order valence-corrected chi connectivity index (χ1v) is 10.0. The smallest absolute Gasteiger partial charge is 0.237 e. The third-order valence-electron chi connectivity index (χ3n) is 5.35. The molecule has 0 bridgehead atoms. The molecule has 3 aromatic rings. The average molecular weight is 430 g/mol. The van der Waals surface area contributed by atoms with Crippen LogP contribution in [0.1, 0.15) is 38.7 Å². The van der Waals surface area contributed by atoms with E-state index >= 15 is 0 Å². The van der Waals surface area contributed by atoms with Crippen molar-refractivity contribution in [1.29, 1.82) is 0 Å². The summed E-state index contributed by atoms with van der Waals surface area (Å²) < 4.78 is 40.7. The molecule has 0 saturated carbocycles. The first kappa shape index (κ1) is 21.2. The Balaban J connectivity index is 1.70. The van der Waals surface area contributed by atoms with E-state index in [1.54, 1.807) is 32.0 Å². The Hall–Kier alpha value is -3.04. The van der Waals surface area contributed by atoms with Crippen LogP contribution in [0.25, 0.3) is 11.0 Å². The highest BCUT2D eigenvalue weighted by molar-refractivity contribution is 5.83. The van der Waals surface area contributed by atoms with E-state index in [1.807, 2.05) is 4.57 Å². The van der Waals surface area contributed by atoms with Crippen LogP contribution in [0.15, 0.2) is 36.4 Å². The van der Waals surface area contributed by atoms with Crippen molar-refractivity contribution in [3.8, 4) is 11.5 Å². The molecule has 0 spiro atoms. The van der Waals surface area contributed by atoms with Crippen LogP contribution < -0.4 is 15.8 Å². The molecule has 2 heterocycles. The van der Waals surface area contributed by atoms with Crippen molar-refractivity contribution < 1.29 is 23.0 Å². The molecule has 1 amide bonds. The van der Waals surface area contributed by atoms with Gasteiger partial charge in [0.2, 0.25) is 5.91 Å². The Labute approximate surface area is 178 Å². The van der Waals surface area contributed by atoms with Crippen LogP contribution in [-0.4, -0.2) is 27.6 Å². The summed E-state index contributed by atoms with van der Waals surface area (Å²) in [4.78, 5) is 16.3. The van der Waals surface area contributed by atoms with Gasteiger partial charge >= 0.3 is 0 Å². The predicted octanol–water partition coefficient (Wildman–Crippen LogP) is 3.77. The van der Waals surface area contributed by atoms with Gasteiger partial charge in [0.05, 0.1) is 23.1 Å². The van der Waals surface area contributed by atoms with E-state index in [2.05, 4.69) is 10.3 Å². The number of aromatic nitrogens is 2. The van der Waals surface area contributed by atoms with Gasteiger partial charge in [0.1, 0.15) is 23.6 Å². The number of imidazole rings is 1. The molecule has 1 saturated heterocycles. The first-order chi connectivity index (χ1) is 14.7. The number of carbonyl (C=O) groups excluding carboxylic acids is 1. The van der Waals surface area contributed by atoms with Crippen LogP contribution >= 0.6 is 0 Å². The minimum Gasteiger partial charge on any atom is -0.454 e. The summed E-state index contributed by atoms with van der Waals surface area (Å²) in [6.07, 6.45) is 1.52. The molecule has 1 aliphatic heterocycles. The van der Waals surface area contributed by atoms with Crippen molar-refractivity contribution in [2.75, 3.05) is 6.61 Å². The zero-order valence-electron chi connectivity index (χ0n) is 17.3. The number of hydrogen-bond acceptors (Lipinski definition) is 5. The molecule has 0 radical (unpaired) electrons. The lowest BCUT2D eigenvalue weighted by Gasteiger charge is -2.23. The monoisotopic (exact) mass is 430 g/mol. The summed E-state index contributed by atoms with van der Waals surface area (Å²) in [6.45, 7) is 4.35. The third-order valence-corrected chi connectivity index (χ3v) is 5.35. The molecule has 0 aliphatic carbocycles. The largest absolute Gasteiger partial charge is 0.454 e. The van der Waals surface area contributed by atoms with Crippen molar-refractivity contribution in [2.24, 2.45) is 5.73 Å². The highest BCUT2D eigenvalue weighted by atomic mass is 19.1. The van der Waals surface area contributed by atoms with Gasteiger partial charge in [-0.2, -0.15) is 0 Å². The lowest BCUT2D eigenvalue weighted by atomic mass is 10.1. The number of nitrogens with zero attached hydrogens (tertiary/aromatic N) is 2. The maximum Gasteiger partial charge on any atom is 0.237 e. The zero-order chi connectivity index (χ0) is 22.2. The standard InChI is InChI=1S/C22H24F2N4O3/c1-22(2,21(25)29)26-12-19-27-16-7-6-14(31-18-8-5-13(23)10-15(18)24)11-17(16)28(19)20-4-3-9-30-20/h5-8,10-11,20,26H,3-4,9,12H2,1-2H3,(H2,25,29). The number of nitrogens with one attached hydrogen (secondary N) is 1. The predicted molar refractivity (Wildman–Crippen MR) is 111 cm³/mol. The van der Waals surface area contributed by atoms with Crippen LogP contribution in [0.3, 0.4) is 0 Å². The first-order valence-electron chi connectivity index (χ1n) is 10.0. The maximum absolute atomic E-state index is 14.0. The zero-order valence-corrected chi connectivity index (χ0v) is 17.3. The minimum atomic E-state index is -0.909. The van der Waals surface area contributed by atoms with Gasteiger partial charge in [-0.05, 0) is 51.0 Å². The number of ether oxygens (including phenoxy) is 2. The van der Waals surface area contributed by atoms with E-state index in [1.165, 1.54) is 6.07 Å². The second-order valence-electron chi connectivity index (χ2n) is 8.04. The summed E-state index contributed by atoms with van der Waals surface area (Å²) >= 11 is 0. The van der Waals surface area contributed by atoms with Crippen LogP contribution in [0.4, 0.5) is 8.78 Å². The highest BCUT2D eigenvalue weighted by Gasteiger charge is 2.27. The molecule has 2 aromatic carbocycles. The normalized spacial score (nSPS) is 16.7. The van der Waals surface area contributed by atoms with E-state index in [0.717, 1.165) is 30.5 Å². The van der Waals surface area contributed by atoms with Gasteiger partial charge in [0.15, 0.2) is 11.6 Å². The summed E-state index contributed by atoms with van der Waals surface area (Å²) in [5.41, 5.74) is 6.01. The van der Waals surface area contributed by atoms with Gasteiger partial charge in [-0.25, -0.2) is 13.8 Å². The van der Waals surface area contributed by atoms with E-state index < -0.39 is 23.1 Å². The number of hydrogen-bond donors (Lipinski definition) is 2. The van der Waals surface area contributed by atoms with E-state index in [-0.39, 0.29) is 12.0 Å². The average Bonchev–Trinajstić information content (AvgIpc) is 3.35. The molecular weight excluding hydrogens is 406 g/mol. The SMILES string of the molecule is CC(C)(NCc1nc2ccc(Oc3ccc(F)cc3F)cc2n1C1CCCO1)C(N)=O. The van der Waals surface area contributed by atoms with Gasteiger partial charge in [-0.1, -0.05) is 0 Å². The number of halogens is 2. The molecule has 31 heavy (non-hydrogen) atoms. The van der Waals surface area contributed by atoms with Crippen molar-refractivity contribution in [3.63, 3.8) is 0 Å². The van der Waals surface area contributed by atoms with Gasteiger partial charge in [-0.3, -0.25) is 14.7 Å². The fourth-order valence-corrected chi connectivity index (χ4v) is 3.47. The van der Waals surface area contributed by atoms with Crippen molar-refractivity contribution in [1.82, 2.24) is 14.9 Å².